The number of rotatable bonds is 3. The van der Waals surface area contributed by atoms with Crippen LogP contribution in [0.3, 0.4) is 0 Å². The first-order valence-corrected chi connectivity index (χ1v) is 6.91. The van der Waals surface area contributed by atoms with E-state index in [0.717, 1.165) is 10.2 Å². The van der Waals surface area contributed by atoms with Crippen molar-refractivity contribution < 1.29 is 9.90 Å². The second-order valence-corrected chi connectivity index (χ2v) is 5.03. The summed E-state index contributed by atoms with van der Waals surface area (Å²) >= 11 is 0. The number of carboxylic acid groups (broad SMARTS) is 1. The zero-order valence-electron chi connectivity index (χ0n) is 12.3. The van der Waals surface area contributed by atoms with E-state index in [1.807, 2.05) is 19.1 Å². The number of pyridine rings is 1. The van der Waals surface area contributed by atoms with Crippen molar-refractivity contribution in [3.05, 3.63) is 76.5 Å². The first-order valence-electron chi connectivity index (χ1n) is 6.91. The summed E-state index contributed by atoms with van der Waals surface area (Å²) in [4.78, 5) is 28.1. The van der Waals surface area contributed by atoms with E-state index < -0.39 is 11.5 Å². The molecule has 1 N–H and O–H groups in total. The Morgan fingerprint density at radius 3 is 2.48 bits per heavy atom. The molecule has 6 nitrogen and oxygen atoms in total. The van der Waals surface area contributed by atoms with Gasteiger partial charge in [-0.1, -0.05) is 29.8 Å². The average molecular weight is 307 g/mol. The molecule has 0 atom stereocenters. The summed E-state index contributed by atoms with van der Waals surface area (Å²) in [7, 11) is 0. The van der Waals surface area contributed by atoms with Crippen molar-refractivity contribution in [3.8, 4) is 16.8 Å². The predicted molar refractivity (Wildman–Crippen MR) is 84.8 cm³/mol. The Bertz CT molecular complexity index is 916. The zero-order valence-corrected chi connectivity index (χ0v) is 12.3. The van der Waals surface area contributed by atoms with Crippen LogP contribution in [0.2, 0.25) is 0 Å². The van der Waals surface area contributed by atoms with Crippen LogP contribution in [-0.2, 0) is 0 Å². The number of hydrogen-bond donors (Lipinski definition) is 1. The van der Waals surface area contributed by atoms with Crippen molar-refractivity contribution in [2.75, 3.05) is 0 Å². The molecule has 0 unspecified atom stereocenters. The molecule has 0 spiro atoms. The van der Waals surface area contributed by atoms with E-state index >= 15 is 0 Å². The lowest BCUT2D eigenvalue weighted by atomic mass is 10.0. The standard InChI is InChI=1S/C17H13N3O3/c1-11-4-6-12(7-5-11)14-10-19-20(13-3-2-8-18-9-13)16(21)15(14)17(22)23/h2-10H,1H3,(H,22,23). The highest BCUT2D eigenvalue weighted by Crippen LogP contribution is 2.21. The minimum atomic E-state index is -1.29. The van der Waals surface area contributed by atoms with Gasteiger partial charge in [-0.25, -0.2) is 4.79 Å². The largest absolute Gasteiger partial charge is 0.477 e. The molecule has 1 aromatic carbocycles. The number of hydrogen-bond acceptors (Lipinski definition) is 4. The summed E-state index contributed by atoms with van der Waals surface area (Å²) in [5, 5.41) is 13.6. The van der Waals surface area contributed by atoms with Gasteiger partial charge >= 0.3 is 5.97 Å². The van der Waals surface area contributed by atoms with Crippen LogP contribution >= 0.6 is 0 Å². The molecule has 0 saturated carbocycles. The van der Waals surface area contributed by atoms with Crippen molar-refractivity contribution in [1.82, 2.24) is 14.8 Å². The van der Waals surface area contributed by atoms with E-state index in [-0.39, 0.29) is 5.56 Å². The third-order valence-electron chi connectivity index (χ3n) is 3.44. The van der Waals surface area contributed by atoms with Crippen LogP contribution in [0.1, 0.15) is 15.9 Å². The van der Waals surface area contributed by atoms with E-state index in [9.17, 15) is 14.7 Å². The summed E-state index contributed by atoms with van der Waals surface area (Å²) in [5.74, 6) is -1.29. The third kappa shape index (κ3) is 2.74. The lowest BCUT2D eigenvalue weighted by molar-refractivity contribution is 0.0695. The molecule has 114 valence electrons. The molecule has 0 fully saturated rings. The van der Waals surface area contributed by atoms with E-state index in [4.69, 9.17) is 0 Å². The van der Waals surface area contributed by atoms with Crippen molar-refractivity contribution in [2.45, 2.75) is 6.92 Å². The van der Waals surface area contributed by atoms with Gasteiger partial charge in [-0.2, -0.15) is 9.78 Å². The zero-order chi connectivity index (χ0) is 16.4. The van der Waals surface area contributed by atoms with E-state index in [2.05, 4.69) is 10.1 Å². The molecule has 6 heteroatoms. The lowest BCUT2D eigenvalue weighted by Crippen LogP contribution is -2.28. The highest BCUT2D eigenvalue weighted by atomic mass is 16.4. The monoisotopic (exact) mass is 307 g/mol. The second-order valence-electron chi connectivity index (χ2n) is 5.03. The fourth-order valence-electron chi connectivity index (χ4n) is 2.28. The molecule has 3 aromatic rings. The number of benzene rings is 1. The molecule has 0 aliphatic rings. The highest BCUT2D eigenvalue weighted by Gasteiger charge is 2.19. The summed E-state index contributed by atoms with van der Waals surface area (Å²) in [6.45, 7) is 1.93. The summed E-state index contributed by atoms with van der Waals surface area (Å²) in [6.07, 6.45) is 4.40. The minimum Gasteiger partial charge on any atom is -0.477 e. The maximum atomic E-state index is 12.6. The van der Waals surface area contributed by atoms with Crippen molar-refractivity contribution in [3.63, 3.8) is 0 Å². The van der Waals surface area contributed by atoms with Crippen LogP contribution in [0.15, 0.2) is 59.8 Å². The maximum Gasteiger partial charge on any atom is 0.342 e. The Kier molecular flexibility index (Phi) is 3.72. The van der Waals surface area contributed by atoms with Gasteiger partial charge in [0.2, 0.25) is 0 Å². The van der Waals surface area contributed by atoms with Crippen LogP contribution in [0.5, 0.6) is 0 Å². The molecule has 3 rings (SSSR count). The Morgan fingerprint density at radius 2 is 1.87 bits per heavy atom. The first-order chi connectivity index (χ1) is 11.1. The van der Waals surface area contributed by atoms with E-state index in [1.54, 1.807) is 30.5 Å². The summed E-state index contributed by atoms with van der Waals surface area (Å²) < 4.78 is 1.04. The molecule has 0 aliphatic heterocycles. The molecule has 2 aromatic heterocycles. The minimum absolute atomic E-state index is 0.294. The van der Waals surface area contributed by atoms with Crippen LogP contribution in [0.4, 0.5) is 0 Å². The van der Waals surface area contributed by atoms with Gasteiger partial charge in [-0.3, -0.25) is 9.78 Å². The number of aromatic nitrogens is 3. The lowest BCUT2D eigenvalue weighted by Gasteiger charge is -2.09. The first kappa shape index (κ1) is 14.6. The van der Waals surface area contributed by atoms with Gasteiger partial charge in [0.25, 0.3) is 5.56 Å². The molecular formula is C17H13N3O3. The van der Waals surface area contributed by atoms with E-state index in [0.29, 0.717) is 16.8 Å². The van der Waals surface area contributed by atoms with Crippen molar-refractivity contribution in [2.24, 2.45) is 0 Å². The van der Waals surface area contributed by atoms with Crippen molar-refractivity contribution >= 4 is 5.97 Å². The second kappa shape index (κ2) is 5.84. The quantitative estimate of drug-likeness (QED) is 0.802. The van der Waals surface area contributed by atoms with Gasteiger partial charge in [-0.05, 0) is 24.6 Å². The molecule has 23 heavy (non-hydrogen) atoms. The Morgan fingerprint density at radius 1 is 1.13 bits per heavy atom. The molecule has 2 heterocycles. The van der Waals surface area contributed by atoms with Gasteiger partial charge in [0.15, 0.2) is 0 Å². The summed E-state index contributed by atoms with van der Waals surface area (Å²) in [5.41, 5.74) is 1.38. The van der Waals surface area contributed by atoms with Gasteiger partial charge in [0, 0.05) is 11.8 Å². The SMILES string of the molecule is Cc1ccc(-c2cnn(-c3cccnc3)c(=O)c2C(=O)O)cc1. The molecular weight excluding hydrogens is 294 g/mol. The van der Waals surface area contributed by atoms with Crippen LogP contribution in [0, 0.1) is 6.92 Å². The maximum absolute atomic E-state index is 12.6. The van der Waals surface area contributed by atoms with Gasteiger partial charge in [0.05, 0.1) is 18.1 Å². The van der Waals surface area contributed by atoms with Crippen LogP contribution in [-0.4, -0.2) is 25.8 Å². The molecule has 0 aliphatic carbocycles. The molecule has 0 radical (unpaired) electrons. The average Bonchev–Trinajstić information content (AvgIpc) is 2.55. The van der Waals surface area contributed by atoms with Crippen LogP contribution < -0.4 is 5.56 Å². The van der Waals surface area contributed by atoms with Gasteiger partial charge < -0.3 is 5.11 Å². The van der Waals surface area contributed by atoms with Crippen LogP contribution in [0.25, 0.3) is 16.8 Å². The Labute approximate surface area is 131 Å². The predicted octanol–water partition coefficient (Wildman–Crippen LogP) is 2.30. The highest BCUT2D eigenvalue weighted by molar-refractivity contribution is 5.95. The number of aryl methyl sites for hydroxylation is 1. The smallest absolute Gasteiger partial charge is 0.342 e. The number of aromatic carboxylic acids is 1. The van der Waals surface area contributed by atoms with E-state index in [1.165, 1.54) is 12.4 Å². The number of carboxylic acids is 1. The number of nitrogens with zero attached hydrogens (tertiary/aromatic N) is 3. The summed E-state index contributed by atoms with van der Waals surface area (Å²) in [6, 6.07) is 10.5. The van der Waals surface area contributed by atoms with Crippen molar-refractivity contribution in [1.29, 1.82) is 0 Å². The third-order valence-corrected chi connectivity index (χ3v) is 3.44. The normalized spacial score (nSPS) is 10.5. The fraction of sp³-hybridized carbons (Fsp3) is 0.0588. The van der Waals surface area contributed by atoms with Gasteiger partial charge in [-0.15, -0.1) is 0 Å². The topological polar surface area (TPSA) is 85.1 Å². The Hall–Kier alpha value is -3.28. The van der Waals surface area contributed by atoms with Gasteiger partial charge in [0.1, 0.15) is 5.56 Å². The number of carbonyl (C=O) groups is 1. The fourth-order valence-corrected chi connectivity index (χ4v) is 2.28. The molecule has 0 amide bonds. The molecule has 0 saturated heterocycles. The Balaban J connectivity index is 2.24. The molecule has 0 bridgehead atoms.